The summed E-state index contributed by atoms with van der Waals surface area (Å²) in [7, 11) is 0. The zero-order valence-electron chi connectivity index (χ0n) is 16.8. The van der Waals surface area contributed by atoms with Gasteiger partial charge in [-0.3, -0.25) is 19.7 Å². The summed E-state index contributed by atoms with van der Waals surface area (Å²) in [6, 6.07) is 11.2. The second-order valence-corrected chi connectivity index (χ2v) is 7.27. The minimum absolute atomic E-state index is 0.0270. The van der Waals surface area contributed by atoms with Gasteiger partial charge in [0.25, 0.3) is 11.8 Å². The quantitative estimate of drug-likeness (QED) is 0.635. The number of likely N-dealkylation sites (tertiary alicyclic amines) is 1. The summed E-state index contributed by atoms with van der Waals surface area (Å²) in [6.45, 7) is 1.16. The lowest BCUT2D eigenvalue weighted by atomic mass is 9.93. The van der Waals surface area contributed by atoms with E-state index >= 15 is 0 Å². The van der Waals surface area contributed by atoms with Crippen LogP contribution < -0.4 is 10.1 Å². The second kappa shape index (κ2) is 9.38. The van der Waals surface area contributed by atoms with Crippen molar-refractivity contribution in [3.05, 3.63) is 72.1 Å². The van der Waals surface area contributed by atoms with Crippen molar-refractivity contribution in [2.24, 2.45) is 0 Å². The number of ether oxygens (including phenoxy) is 1. The molecule has 0 aliphatic carbocycles. The molecule has 4 rings (SSSR count). The molecule has 8 nitrogen and oxygen atoms in total. The molecule has 2 N–H and O–H groups in total. The van der Waals surface area contributed by atoms with Crippen molar-refractivity contribution in [1.29, 1.82) is 0 Å². The highest BCUT2D eigenvalue weighted by atomic mass is 19.1. The first-order valence-electron chi connectivity index (χ1n) is 10.0. The molecule has 0 bridgehead atoms. The Bertz CT molecular complexity index is 1050. The number of carbonyl (C=O) groups is 2. The Balaban J connectivity index is 1.28. The van der Waals surface area contributed by atoms with Gasteiger partial charge in [-0.05, 0) is 43.2 Å². The maximum atomic E-state index is 13.7. The third-order valence-corrected chi connectivity index (χ3v) is 5.24. The lowest BCUT2D eigenvalue weighted by molar-refractivity contribution is -0.134. The van der Waals surface area contributed by atoms with E-state index in [1.54, 1.807) is 47.6 Å². The van der Waals surface area contributed by atoms with Crippen LogP contribution in [-0.4, -0.2) is 51.6 Å². The maximum absolute atomic E-state index is 13.7. The average Bonchev–Trinajstić information content (AvgIpc) is 3.30. The number of hydrogen-bond acceptors (Lipinski definition) is 5. The monoisotopic (exact) mass is 423 g/mol. The highest BCUT2D eigenvalue weighted by Gasteiger charge is 2.26. The van der Waals surface area contributed by atoms with Gasteiger partial charge in [0, 0.05) is 30.9 Å². The molecule has 0 atom stereocenters. The van der Waals surface area contributed by atoms with Gasteiger partial charge in [-0.15, -0.1) is 0 Å². The van der Waals surface area contributed by atoms with Crippen LogP contribution in [0, 0.1) is 5.82 Å². The number of hydrogen-bond donors (Lipinski definition) is 2. The Labute approximate surface area is 178 Å². The molecular weight excluding hydrogens is 401 g/mol. The SMILES string of the molecule is O=C(Nc1ccccc1F)c1cc(C2CCN(C(=O)COc3cccnc3)CC2)[nH]n1. The summed E-state index contributed by atoms with van der Waals surface area (Å²) >= 11 is 0. The number of nitrogens with one attached hydrogen (secondary N) is 2. The van der Waals surface area contributed by atoms with E-state index < -0.39 is 11.7 Å². The van der Waals surface area contributed by atoms with Gasteiger partial charge in [-0.1, -0.05) is 12.1 Å². The second-order valence-electron chi connectivity index (χ2n) is 7.27. The molecule has 9 heteroatoms. The molecule has 160 valence electrons. The van der Waals surface area contributed by atoms with Crippen LogP contribution in [0.5, 0.6) is 5.75 Å². The van der Waals surface area contributed by atoms with Crippen molar-refractivity contribution in [2.75, 3.05) is 25.0 Å². The van der Waals surface area contributed by atoms with Crippen LogP contribution in [0.25, 0.3) is 0 Å². The van der Waals surface area contributed by atoms with E-state index in [4.69, 9.17) is 4.74 Å². The summed E-state index contributed by atoms with van der Waals surface area (Å²) < 4.78 is 19.2. The highest BCUT2D eigenvalue weighted by Crippen LogP contribution is 2.27. The fourth-order valence-electron chi connectivity index (χ4n) is 3.52. The lowest BCUT2D eigenvalue weighted by Gasteiger charge is -2.31. The molecule has 0 spiro atoms. The normalized spacial score (nSPS) is 14.3. The molecule has 0 radical (unpaired) electrons. The number of carbonyl (C=O) groups excluding carboxylic acids is 2. The third-order valence-electron chi connectivity index (χ3n) is 5.24. The zero-order valence-corrected chi connectivity index (χ0v) is 16.8. The van der Waals surface area contributed by atoms with Crippen LogP contribution in [0.2, 0.25) is 0 Å². The predicted octanol–water partition coefficient (Wildman–Crippen LogP) is 2.98. The third kappa shape index (κ3) is 5.06. The topological polar surface area (TPSA) is 100 Å². The lowest BCUT2D eigenvalue weighted by Crippen LogP contribution is -2.40. The largest absolute Gasteiger partial charge is 0.482 e. The average molecular weight is 423 g/mol. The first kappa shape index (κ1) is 20.5. The number of H-pyrrole nitrogens is 1. The van der Waals surface area contributed by atoms with Gasteiger partial charge in [0.15, 0.2) is 12.3 Å². The van der Waals surface area contributed by atoms with Gasteiger partial charge in [-0.2, -0.15) is 5.10 Å². The summed E-state index contributed by atoms with van der Waals surface area (Å²) in [5.41, 5.74) is 1.14. The maximum Gasteiger partial charge on any atom is 0.276 e. The van der Waals surface area contributed by atoms with Crippen LogP contribution in [0.1, 0.15) is 34.9 Å². The van der Waals surface area contributed by atoms with Crippen LogP contribution in [0.15, 0.2) is 54.9 Å². The summed E-state index contributed by atoms with van der Waals surface area (Å²) in [5, 5.41) is 9.50. The molecule has 3 heterocycles. The van der Waals surface area contributed by atoms with Gasteiger partial charge >= 0.3 is 0 Å². The zero-order chi connectivity index (χ0) is 21.6. The van der Waals surface area contributed by atoms with Crippen molar-refractivity contribution < 1.29 is 18.7 Å². The van der Waals surface area contributed by atoms with Crippen molar-refractivity contribution in [2.45, 2.75) is 18.8 Å². The van der Waals surface area contributed by atoms with Crippen molar-refractivity contribution in [1.82, 2.24) is 20.1 Å². The number of rotatable bonds is 6. The molecule has 31 heavy (non-hydrogen) atoms. The predicted molar refractivity (Wildman–Crippen MR) is 111 cm³/mol. The summed E-state index contributed by atoms with van der Waals surface area (Å²) in [4.78, 5) is 30.5. The van der Waals surface area contributed by atoms with Gasteiger partial charge in [0.1, 0.15) is 11.6 Å². The minimum atomic E-state index is -0.504. The van der Waals surface area contributed by atoms with Gasteiger partial charge in [-0.25, -0.2) is 4.39 Å². The molecule has 0 saturated carbocycles. The first-order chi connectivity index (χ1) is 15.1. The van der Waals surface area contributed by atoms with Crippen LogP contribution in [0.4, 0.5) is 10.1 Å². The number of halogens is 1. The van der Waals surface area contributed by atoms with E-state index in [1.165, 1.54) is 12.1 Å². The molecule has 1 aliphatic heterocycles. The minimum Gasteiger partial charge on any atom is -0.482 e. The van der Waals surface area contributed by atoms with Crippen LogP contribution in [-0.2, 0) is 4.79 Å². The number of para-hydroxylation sites is 1. The Morgan fingerprint density at radius 2 is 2.00 bits per heavy atom. The molecule has 1 fully saturated rings. The van der Waals surface area contributed by atoms with Crippen LogP contribution in [0.3, 0.4) is 0 Å². The Kier molecular flexibility index (Phi) is 6.21. The van der Waals surface area contributed by atoms with E-state index in [1.807, 2.05) is 0 Å². The molecule has 0 unspecified atom stereocenters. The fraction of sp³-hybridized carbons (Fsp3) is 0.273. The van der Waals surface area contributed by atoms with E-state index in [9.17, 15) is 14.0 Å². The van der Waals surface area contributed by atoms with Gasteiger partial charge < -0.3 is 15.0 Å². The molecule has 2 amide bonds. The van der Waals surface area contributed by atoms with E-state index in [0.29, 0.717) is 18.8 Å². The van der Waals surface area contributed by atoms with Gasteiger partial charge in [0.05, 0.1) is 11.9 Å². The number of anilines is 1. The fourth-order valence-corrected chi connectivity index (χ4v) is 3.52. The summed E-state index contributed by atoms with van der Waals surface area (Å²) in [5.74, 6) is -0.337. The standard InChI is InChI=1S/C22H22FN5O3/c23-17-5-1-2-6-18(17)25-22(30)20-12-19(26-27-20)15-7-10-28(11-8-15)21(29)14-31-16-4-3-9-24-13-16/h1-6,9,12-13,15H,7-8,10-11,14H2,(H,25,30)(H,26,27). The molecule has 1 aromatic carbocycles. The van der Waals surface area contributed by atoms with Crippen LogP contribution >= 0.6 is 0 Å². The van der Waals surface area contributed by atoms with Crippen molar-refractivity contribution >= 4 is 17.5 Å². The first-order valence-corrected chi connectivity index (χ1v) is 10.0. The molecular formula is C22H22FN5O3. The number of pyridine rings is 1. The Hall–Kier alpha value is -3.75. The Morgan fingerprint density at radius 1 is 1.19 bits per heavy atom. The molecule has 3 aromatic rings. The van der Waals surface area contributed by atoms with Crippen molar-refractivity contribution in [3.63, 3.8) is 0 Å². The van der Waals surface area contributed by atoms with E-state index in [2.05, 4.69) is 20.5 Å². The molecule has 2 aromatic heterocycles. The van der Waals surface area contributed by atoms with E-state index in [0.717, 1.165) is 18.5 Å². The number of aromatic amines is 1. The molecule has 1 aliphatic rings. The highest BCUT2D eigenvalue weighted by molar-refractivity contribution is 6.03. The number of piperidine rings is 1. The summed E-state index contributed by atoms with van der Waals surface area (Å²) in [6.07, 6.45) is 4.70. The van der Waals surface area contributed by atoms with Crippen molar-refractivity contribution in [3.8, 4) is 5.75 Å². The number of nitrogens with zero attached hydrogens (tertiary/aromatic N) is 3. The van der Waals surface area contributed by atoms with E-state index in [-0.39, 0.29) is 29.8 Å². The number of benzene rings is 1. The van der Waals surface area contributed by atoms with Gasteiger partial charge in [0.2, 0.25) is 0 Å². The number of aromatic nitrogens is 3. The smallest absolute Gasteiger partial charge is 0.276 e. The Morgan fingerprint density at radius 3 is 2.74 bits per heavy atom. The number of amides is 2. The molecule has 1 saturated heterocycles.